The zero-order chi connectivity index (χ0) is 16.4. The Bertz CT molecular complexity index is 684. The van der Waals surface area contributed by atoms with Crippen molar-refractivity contribution in [3.8, 4) is 0 Å². The summed E-state index contributed by atoms with van der Waals surface area (Å²) in [4.78, 5) is 18.2. The van der Waals surface area contributed by atoms with Gasteiger partial charge in [-0.2, -0.15) is 0 Å². The van der Waals surface area contributed by atoms with E-state index in [2.05, 4.69) is 10.1 Å². The third kappa shape index (κ3) is 3.89. The van der Waals surface area contributed by atoms with Gasteiger partial charge in [0.15, 0.2) is 5.13 Å². The molecule has 124 valence electrons. The molecule has 0 saturated carbocycles. The van der Waals surface area contributed by atoms with Crippen LogP contribution in [0.3, 0.4) is 0 Å². The van der Waals surface area contributed by atoms with Gasteiger partial charge in [0.25, 0.3) is 0 Å². The second kappa shape index (κ2) is 6.67. The molecule has 3 heterocycles. The molecule has 23 heavy (non-hydrogen) atoms. The van der Waals surface area contributed by atoms with Crippen LogP contribution in [0.4, 0.5) is 5.13 Å². The molecule has 2 atom stereocenters. The Morgan fingerprint density at radius 2 is 2.39 bits per heavy atom. The van der Waals surface area contributed by atoms with Crippen molar-refractivity contribution < 1.29 is 14.4 Å². The van der Waals surface area contributed by atoms with Crippen LogP contribution in [0.15, 0.2) is 16.0 Å². The lowest BCUT2D eigenvalue weighted by atomic mass is 10.0. The maximum atomic E-state index is 12.3. The number of anilines is 1. The number of carbonyl (C=O) groups excluding carboxylic acids is 1. The SMILES string of the molecule is Cc1cc(C[C@@H]2CN(C(=O)CCc3csc(N)n3)C[C@@H]2O)on1. The number of nitrogens with two attached hydrogens (primary N) is 1. The molecule has 1 saturated heterocycles. The Morgan fingerprint density at radius 3 is 3.04 bits per heavy atom. The first kappa shape index (κ1) is 15.9. The minimum atomic E-state index is -0.528. The fourth-order valence-corrected chi connectivity index (χ4v) is 3.46. The van der Waals surface area contributed by atoms with Crippen LogP contribution in [0.1, 0.15) is 23.6 Å². The van der Waals surface area contributed by atoms with E-state index in [4.69, 9.17) is 10.3 Å². The number of amides is 1. The second-order valence-electron chi connectivity index (χ2n) is 5.94. The molecule has 0 aliphatic carbocycles. The molecule has 0 unspecified atom stereocenters. The van der Waals surface area contributed by atoms with E-state index in [0.29, 0.717) is 37.5 Å². The molecule has 3 N–H and O–H groups in total. The number of aromatic nitrogens is 2. The van der Waals surface area contributed by atoms with Crippen molar-refractivity contribution in [2.24, 2.45) is 5.92 Å². The summed E-state index contributed by atoms with van der Waals surface area (Å²) in [5, 5.41) is 16.4. The molecule has 1 fully saturated rings. The minimum absolute atomic E-state index is 0.0128. The Hall–Kier alpha value is -1.93. The normalized spacial score (nSPS) is 21.0. The van der Waals surface area contributed by atoms with Gasteiger partial charge in [-0.3, -0.25) is 4.79 Å². The largest absolute Gasteiger partial charge is 0.391 e. The molecule has 0 aromatic carbocycles. The molecule has 0 spiro atoms. The lowest BCUT2D eigenvalue weighted by Gasteiger charge is -2.15. The van der Waals surface area contributed by atoms with E-state index < -0.39 is 6.10 Å². The highest BCUT2D eigenvalue weighted by Gasteiger charge is 2.34. The first-order chi connectivity index (χ1) is 11.0. The summed E-state index contributed by atoms with van der Waals surface area (Å²) in [6, 6.07) is 1.86. The number of rotatable bonds is 5. The third-order valence-corrected chi connectivity index (χ3v) is 4.79. The standard InChI is InChI=1S/C15H20N4O3S/c1-9-4-12(22-18-9)5-10-6-19(7-13(10)20)14(21)3-2-11-8-23-15(16)17-11/h4,8,10,13,20H,2-3,5-7H2,1H3,(H2,16,17)/t10-,13+/m1/s1. The molecule has 0 radical (unpaired) electrons. The van der Waals surface area contributed by atoms with Crippen molar-refractivity contribution in [1.82, 2.24) is 15.0 Å². The number of hydrogen-bond donors (Lipinski definition) is 2. The molecule has 7 nitrogen and oxygen atoms in total. The molecule has 8 heteroatoms. The number of likely N-dealkylation sites (tertiary alicyclic amines) is 1. The van der Waals surface area contributed by atoms with Crippen molar-refractivity contribution in [2.75, 3.05) is 18.8 Å². The van der Waals surface area contributed by atoms with Gasteiger partial charge in [-0.1, -0.05) is 5.16 Å². The van der Waals surface area contributed by atoms with E-state index in [1.807, 2.05) is 18.4 Å². The smallest absolute Gasteiger partial charge is 0.223 e. The number of nitrogen functional groups attached to an aromatic ring is 1. The fraction of sp³-hybridized carbons (Fsp3) is 0.533. The van der Waals surface area contributed by atoms with Gasteiger partial charge in [-0.05, 0) is 13.3 Å². The molecular weight excluding hydrogens is 316 g/mol. The van der Waals surface area contributed by atoms with Gasteiger partial charge in [0.05, 0.1) is 17.5 Å². The zero-order valence-corrected chi connectivity index (χ0v) is 13.8. The molecule has 3 rings (SSSR count). The number of hydrogen-bond acceptors (Lipinski definition) is 7. The average Bonchev–Trinajstić information content (AvgIpc) is 3.20. The monoisotopic (exact) mass is 336 g/mol. The quantitative estimate of drug-likeness (QED) is 0.844. The minimum Gasteiger partial charge on any atom is -0.391 e. The summed E-state index contributed by atoms with van der Waals surface area (Å²) >= 11 is 1.38. The van der Waals surface area contributed by atoms with E-state index in [0.717, 1.165) is 17.1 Å². The summed E-state index contributed by atoms with van der Waals surface area (Å²) in [5.41, 5.74) is 7.25. The molecular formula is C15H20N4O3S. The Balaban J connectivity index is 1.51. The molecule has 0 bridgehead atoms. The van der Waals surface area contributed by atoms with Crippen LogP contribution in [0, 0.1) is 12.8 Å². The number of aryl methyl sites for hydroxylation is 2. The van der Waals surface area contributed by atoms with Gasteiger partial charge < -0.3 is 20.3 Å². The topological polar surface area (TPSA) is 105 Å². The van der Waals surface area contributed by atoms with E-state index in [9.17, 15) is 9.90 Å². The predicted molar refractivity (Wildman–Crippen MR) is 85.9 cm³/mol. The first-order valence-electron chi connectivity index (χ1n) is 7.59. The number of β-amino-alcohol motifs (C(OH)–C–C–N with tert-alkyl or cyclic N) is 1. The van der Waals surface area contributed by atoms with Crippen LogP contribution in [-0.4, -0.2) is 45.2 Å². The zero-order valence-electron chi connectivity index (χ0n) is 12.9. The van der Waals surface area contributed by atoms with Crippen LogP contribution in [0.5, 0.6) is 0 Å². The Kier molecular flexibility index (Phi) is 4.63. The van der Waals surface area contributed by atoms with E-state index in [-0.39, 0.29) is 11.8 Å². The highest BCUT2D eigenvalue weighted by atomic mass is 32.1. The summed E-state index contributed by atoms with van der Waals surface area (Å²) in [7, 11) is 0. The van der Waals surface area contributed by atoms with E-state index in [1.54, 1.807) is 4.90 Å². The Labute approximate surface area is 138 Å². The Morgan fingerprint density at radius 1 is 1.57 bits per heavy atom. The van der Waals surface area contributed by atoms with Crippen LogP contribution in [0.2, 0.25) is 0 Å². The van der Waals surface area contributed by atoms with E-state index >= 15 is 0 Å². The second-order valence-corrected chi connectivity index (χ2v) is 6.83. The van der Waals surface area contributed by atoms with Crippen molar-refractivity contribution >= 4 is 22.4 Å². The number of thiazole rings is 1. The highest BCUT2D eigenvalue weighted by molar-refractivity contribution is 7.13. The fourth-order valence-electron chi connectivity index (χ4n) is 2.86. The van der Waals surface area contributed by atoms with Crippen LogP contribution < -0.4 is 5.73 Å². The first-order valence-corrected chi connectivity index (χ1v) is 8.47. The van der Waals surface area contributed by atoms with Gasteiger partial charge in [0.2, 0.25) is 5.91 Å². The highest BCUT2D eigenvalue weighted by Crippen LogP contribution is 2.23. The summed E-state index contributed by atoms with van der Waals surface area (Å²) in [5.74, 6) is 0.770. The van der Waals surface area contributed by atoms with Gasteiger partial charge in [-0.25, -0.2) is 4.98 Å². The molecule has 1 aliphatic heterocycles. The van der Waals surface area contributed by atoms with Gasteiger partial charge in [-0.15, -0.1) is 11.3 Å². The number of aliphatic hydroxyl groups excluding tert-OH is 1. The van der Waals surface area contributed by atoms with Crippen LogP contribution in [0.25, 0.3) is 0 Å². The molecule has 1 aliphatic rings. The maximum absolute atomic E-state index is 12.3. The lowest BCUT2D eigenvalue weighted by molar-refractivity contribution is -0.130. The van der Waals surface area contributed by atoms with Crippen molar-refractivity contribution in [3.63, 3.8) is 0 Å². The van der Waals surface area contributed by atoms with Crippen molar-refractivity contribution in [3.05, 3.63) is 28.6 Å². The van der Waals surface area contributed by atoms with Crippen LogP contribution >= 0.6 is 11.3 Å². The number of aliphatic hydroxyl groups is 1. The molecule has 2 aromatic rings. The van der Waals surface area contributed by atoms with Gasteiger partial charge in [0.1, 0.15) is 5.76 Å². The number of nitrogens with zero attached hydrogens (tertiary/aromatic N) is 3. The van der Waals surface area contributed by atoms with E-state index in [1.165, 1.54) is 11.3 Å². The summed E-state index contributed by atoms with van der Waals surface area (Å²) < 4.78 is 5.19. The van der Waals surface area contributed by atoms with Crippen molar-refractivity contribution in [2.45, 2.75) is 32.3 Å². The van der Waals surface area contributed by atoms with Crippen molar-refractivity contribution in [1.29, 1.82) is 0 Å². The number of carbonyl (C=O) groups is 1. The predicted octanol–water partition coefficient (Wildman–Crippen LogP) is 1.02. The lowest BCUT2D eigenvalue weighted by Crippen LogP contribution is -2.29. The maximum Gasteiger partial charge on any atom is 0.223 e. The van der Waals surface area contributed by atoms with Gasteiger partial charge in [0, 0.05) is 43.3 Å². The third-order valence-electron chi connectivity index (χ3n) is 4.06. The van der Waals surface area contributed by atoms with Gasteiger partial charge >= 0.3 is 0 Å². The summed E-state index contributed by atoms with van der Waals surface area (Å²) in [6.07, 6.45) is 1.02. The molecule has 2 aromatic heterocycles. The van der Waals surface area contributed by atoms with Crippen LogP contribution in [-0.2, 0) is 17.6 Å². The molecule has 1 amide bonds. The summed E-state index contributed by atoms with van der Waals surface area (Å²) in [6.45, 7) is 2.77. The average molecular weight is 336 g/mol.